The zero-order chi connectivity index (χ0) is 18.4. The van der Waals surface area contributed by atoms with Crippen LogP contribution in [0.2, 0.25) is 5.02 Å². The van der Waals surface area contributed by atoms with Gasteiger partial charge in [-0.15, -0.1) is 5.23 Å². The number of aliphatic hydroxyl groups is 1. The molecule has 0 saturated heterocycles. The Balaban J connectivity index is 2.25. The van der Waals surface area contributed by atoms with Gasteiger partial charge in [0.2, 0.25) is 0 Å². The second kappa shape index (κ2) is 6.21. The number of phenolic OH excluding ortho intramolecular Hbond substituents is 1. The molecule has 0 atom stereocenters. The van der Waals surface area contributed by atoms with Crippen LogP contribution in [-0.2, 0) is 16.6 Å². The lowest BCUT2D eigenvalue weighted by atomic mass is 10.2. The van der Waals surface area contributed by atoms with Crippen LogP contribution in [0.25, 0.3) is 10.9 Å². The normalized spacial score (nSPS) is 11.8. The largest absolute Gasteiger partial charge is 0.508 e. The molecule has 0 fully saturated rings. The molecule has 3 aromatic rings. The lowest BCUT2D eigenvalue weighted by Gasteiger charge is -2.13. The van der Waals surface area contributed by atoms with Crippen LogP contribution >= 0.6 is 11.6 Å². The van der Waals surface area contributed by atoms with Crippen molar-refractivity contribution in [2.45, 2.75) is 11.5 Å². The Morgan fingerprint density at radius 2 is 1.84 bits per heavy atom. The van der Waals surface area contributed by atoms with E-state index < -0.39 is 16.6 Å². The van der Waals surface area contributed by atoms with Gasteiger partial charge in [0.25, 0.3) is 10.0 Å². The second-order valence-electron chi connectivity index (χ2n) is 5.22. The molecule has 1 heterocycles. The summed E-state index contributed by atoms with van der Waals surface area (Å²) in [7, 11) is -4.12. The van der Waals surface area contributed by atoms with Gasteiger partial charge in [-0.2, -0.15) is 0 Å². The first-order valence-electron chi connectivity index (χ1n) is 6.92. The molecule has 0 radical (unpaired) electrons. The molecule has 0 spiro atoms. The third kappa shape index (κ3) is 2.92. The summed E-state index contributed by atoms with van der Waals surface area (Å²) in [6.07, 6.45) is 1.24. The fraction of sp³-hybridized carbons (Fsp3) is 0.0667. The maximum absolute atomic E-state index is 12.9. The summed E-state index contributed by atoms with van der Waals surface area (Å²) in [5.41, 5.74) is 0.261. The smallest absolute Gasteiger partial charge is 0.268 e. The van der Waals surface area contributed by atoms with E-state index in [0.717, 1.165) is 10.0 Å². The molecule has 8 nitrogen and oxygen atoms in total. The number of aromatic nitrogens is 1. The van der Waals surface area contributed by atoms with Crippen molar-refractivity contribution in [1.29, 1.82) is 0 Å². The van der Waals surface area contributed by atoms with Crippen molar-refractivity contribution in [3.63, 3.8) is 0 Å². The molecule has 0 aliphatic carbocycles. The number of benzene rings is 2. The standard InChI is InChI=1S/C15H13ClN2O6S/c16-13-3-2-11(6-15(13)18(21)22)25(23,24)17-7-9(8-19)12-5-10(20)1-4-14(12)17/h1-7,19-22H,8H2. The molecule has 0 saturated carbocycles. The third-order valence-electron chi connectivity index (χ3n) is 3.70. The summed E-state index contributed by atoms with van der Waals surface area (Å²) in [6, 6.07) is 7.52. The zero-order valence-corrected chi connectivity index (χ0v) is 14.1. The number of phenols is 1. The first kappa shape index (κ1) is 17.5. The minimum atomic E-state index is -4.12. The maximum Gasteiger partial charge on any atom is 0.268 e. The van der Waals surface area contributed by atoms with E-state index in [1.165, 1.54) is 36.5 Å². The molecule has 0 bridgehead atoms. The van der Waals surface area contributed by atoms with Crippen molar-refractivity contribution >= 4 is 38.2 Å². The van der Waals surface area contributed by atoms with Gasteiger partial charge in [0.15, 0.2) is 0 Å². The minimum Gasteiger partial charge on any atom is -0.508 e. The summed E-state index contributed by atoms with van der Waals surface area (Å²) in [5, 5.41) is 37.4. The molecule has 0 unspecified atom stereocenters. The van der Waals surface area contributed by atoms with E-state index in [1.54, 1.807) is 0 Å². The third-order valence-corrected chi connectivity index (χ3v) is 5.69. The number of aliphatic hydroxyl groups excluding tert-OH is 1. The van der Waals surface area contributed by atoms with Gasteiger partial charge in [-0.1, -0.05) is 11.6 Å². The molecular weight excluding hydrogens is 372 g/mol. The molecule has 132 valence electrons. The van der Waals surface area contributed by atoms with E-state index in [9.17, 15) is 18.6 Å². The van der Waals surface area contributed by atoms with Crippen LogP contribution in [0.15, 0.2) is 47.5 Å². The number of fused-ring (bicyclic) bond motifs is 1. The SMILES string of the molecule is O=S(=O)(c1ccc(Cl)c(N(O)O)c1)n1cc(CO)c2cc(O)ccc21. The highest BCUT2D eigenvalue weighted by atomic mass is 35.5. The van der Waals surface area contributed by atoms with Gasteiger partial charge < -0.3 is 10.2 Å². The second-order valence-corrected chi connectivity index (χ2v) is 7.44. The average molecular weight is 385 g/mol. The molecule has 25 heavy (non-hydrogen) atoms. The Hall–Kier alpha value is -2.30. The van der Waals surface area contributed by atoms with Crippen molar-refractivity contribution < 1.29 is 29.0 Å². The molecule has 1 aromatic heterocycles. The van der Waals surface area contributed by atoms with E-state index in [2.05, 4.69) is 0 Å². The van der Waals surface area contributed by atoms with Gasteiger partial charge in [-0.05, 0) is 36.4 Å². The topological polar surface area (TPSA) is 123 Å². The molecular formula is C15H13ClN2O6S. The highest BCUT2D eigenvalue weighted by Gasteiger charge is 2.23. The van der Waals surface area contributed by atoms with E-state index in [-0.39, 0.29) is 32.1 Å². The van der Waals surface area contributed by atoms with Crippen molar-refractivity contribution in [3.05, 3.63) is 53.2 Å². The van der Waals surface area contributed by atoms with Gasteiger partial charge in [-0.3, -0.25) is 10.4 Å². The molecule has 0 aliphatic rings. The van der Waals surface area contributed by atoms with Crippen LogP contribution in [0.3, 0.4) is 0 Å². The predicted octanol–water partition coefficient (Wildman–Crippen LogP) is 2.31. The van der Waals surface area contributed by atoms with Crippen LogP contribution in [0.4, 0.5) is 5.69 Å². The first-order chi connectivity index (χ1) is 11.8. The average Bonchev–Trinajstić information content (AvgIpc) is 2.93. The Labute approximate surface area is 147 Å². The van der Waals surface area contributed by atoms with E-state index in [4.69, 9.17) is 22.0 Å². The Morgan fingerprint density at radius 1 is 1.12 bits per heavy atom. The lowest BCUT2D eigenvalue weighted by molar-refractivity contribution is 0.0291. The van der Waals surface area contributed by atoms with Crippen LogP contribution in [0, 0.1) is 0 Å². The van der Waals surface area contributed by atoms with Crippen LogP contribution in [0.5, 0.6) is 5.75 Å². The fourth-order valence-electron chi connectivity index (χ4n) is 2.50. The number of nitrogens with zero attached hydrogens (tertiary/aromatic N) is 2. The monoisotopic (exact) mass is 384 g/mol. The van der Waals surface area contributed by atoms with E-state index in [0.29, 0.717) is 10.9 Å². The fourth-order valence-corrected chi connectivity index (χ4v) is 4.10. The number of aromatic hydroxyl groups is 1. The van der Waals surface area contributed by atoms with Crippen LogP contribution in [-0.4, -0.2) is 33.0 Å². The maximum atomic E-state index is 12.9. The molecule has 10 heteroatoms. The Morgan fingerprint density at radius 3 is 2.48 bits per heavy atom. The minimum absolute atomic E-state index is 0.0534. The Bertz CT molecular complexity index is 1060. The highest BCUT2D eigenvalue weighted by molar-refractivity contribution is 7.90. The number of halogens is 1. The van der Waals surface area contributed by atoms with Crippen LogP contribution < -0.4 is 5.23 Å². The van der Waals surface area contributed by atoms with Crippen molar-refractivity contribution in [2.24, 2.45) is 0 Å². The molecule has 4 N–H and O–H groups in total. The van der Waals surface area contributed by atoms with Gasteiger partial charge in [-0.25, -0.2) is 12.4 Å². The van der Waals surface area contributed by atoms with Crippen LogP contribution in [0.1, 0.15) is 5.56 Å². The van der Waals surface area contributed by atoms with Gasteiger partial charge in [0, 0.05) is 17.1 Å². The van der Waals surface area contributed by atoms with Crippen molar-refractivity contribution in [2.75, 3.05) is 5.23 Å². The zero-order valence-electron chi connectivity index (χ0n) is 12.5. The highest BCUT2D eigenvalue weighted by Crippen LogP contribution is 2.32. The summed E-state index contributed by atoms with van der Waals surface area (Å²) >= 11 is 5.80. The summed E-state index contributed by atoms with van der Waals surface area (Å²) < 4.78 is 26.8. The number of anilines is 1. The summed E-state index contributed by atoms with van der Waals surface area (Å²) in [6.45, 7) is -0.421. The first-order valence-corrected chi connectivity index (χ1v) is 8.74. The van der Waals surface area contributed by atoms with Crippen molar-refractivity contribution in [1.82, 2.24) is 3.97 Å². The molecule has 0 aliphatic heterocycles. The predicted molar refractivity (Wildman–Crippen MR) is 89.6 cm³/mol. The molecule has 0 amide bonds. The summed E-state index contributed by atoms with van der Waals surface area (Å²) in [5.74, 6) is -0.0673. The number of hydrogen-bond donors (Lipinski definition) is 4. The van der Waals surface area contributed by atoms with E-state index in [1.807, 2.05) is 0 Å². The number of rotatable bonds is 4. The van der Waals surface area contributed by atoms with Gasteiger partial charge in [0.05, 0.1) is 22.0 Å². The van der Waals surface area contributed by atoms with Gasteiger partial charge >= 0.3 is 0 Å². The molecule has 3 rings (SSSR count). The van der Waals surface area contributed by atoms with Gasteiger partial charge in [0.1, 0.15) is 11.4 Å². The quantitative estimate of drug-likeness (QED) is 0.509. The lowest BCUT2D eigenvalue weighted by Crippen LogP contribution is -2.15. The number of hydrogen-bond acceptors (Lipinski definition) is 7. The Kier molecular flexibility index (Phi) is 4.35. The molecule has 2 aromatic carbocycles. The van der Waals surface area contributed by atoms with E-state index >= 15 is 0 Å². The summed E-state index contributed by atoms with van der Waals surface area (Å²) in [4.78, 5) is -0.241. The van der Waals surface area contributed by atoms with Crippen molar-refractivity contribution in [3.8, 4) is 5.75 Å².